The Hall–Kier alpha value is -1.03. The molecule has 3 rings (SSSR count). The van der Waals surface area contributed by atoms with Crippen LogP contribution in [0.5, 0.6) is 0 Å². The predicted molar refractivity (Wildman–Crippen MR) is 72.5 cm³/mol. The molecule has 110 valence electrons. The molecule has 1 aliphatic heterocycles. The molecule has 2 aliphatic rings. The maximum Gasteiger partial charge on any atom is 0.416 e. The van der Waals surface area contributed by atoms with E-state index in [4.69, 9.17) is 0 Å². The van der Waals surface area contributed by atoms with Gasteiger partial charge in [-0.25, -0.2) is 0 Å². The van der Waals surface area contributed by atoms with E-state index in [1.54, 1.807) is 12.1 Å². The van der Waals surface area contributed by atoms with E-state index in [1.807, 2.05) is 0 Å². The van der Waals surface area contributed by atoms with Gasteiger partial charge in [-0.05, 0) is 55.3 Å². The van der Waals surface area contributed by atoms with Crippen LogP contribution in [0.2, 0.25) is 0 Å². The molecule has 0 unspecified atom stereocenters. The van der Waals surface area contributed by atoms with Crippen LogP contribution in [0.25, 0.3) is 0 Å². The first-order valence-electron chi connectivity index (χ1n) is 7.31. The first-order chi connectivity index (χ1) is 9.45. The van der Waals surface area contributed by atoms with Crippen molar-refractivity contribution in [2.24, 2.45) is 11.8 Å². The minimum Gasteiger partial charge on any atom is -0.306 e. The zero-order chi connectivity index (χ0) is 14.3. The fraction of sp³-hybridized carbons (Fsp3) is 0.625. The second-order valence-corrected chi connectivity index (χ2v) is 6.30. The van der Waals surface area contributed by atoms with E-state index < -0.39 is 11.7 Å². The molecule has 1 aromatic carbocycles. The lowest BCUT2D eigenvalue weighted by Crippen LogP contribution is -2.25. The molecule has 1 saturated heterocycles. The van der Waals surface area contributed by atoms with Gasteiger partial charge in [0, 0.05) is 13.1 Å². The first kappa shape index (κ1) is 13.9. The number of fused-ring (bicyclic) bond motifs is 1. The van der Waals surface area contributed by atoms with Gasteiger partial charge in [0.15, 0.2) is 0 Å². The van der Waals surface area contributed by atoms with Crippen molar-refractivity contribution in [3.05, 3.63) is 35.4 Å². The minimum absolute atomic E-state index is 0.431. The summed E-state index contributed by atoms with van der Waals surface area (Å²) in [6.07, 6.45) is -0.658. The third-order valence-corrected chi connectivity index (χ3v) is 4.95. The second kappa shape index (κ2) is 5.06. The zero-order valence-corrected chi connectivity index (χ0v) is 11.7. The molecule has 1 nitrogen and oxygen atoms in total. The van der Waals surface area contributed by atoms with Crippen molar-refractivity contribution in [1.82, 2.24) is 4.90 Å². The summed E-state index contributed by atoms with van der Waals surface area (Å²) in [6.45, 7) is 2.22. The van der Waals surface area contributed by atoms with Crippen molar-refractivity contribution in [3.8, 4) is 0 Å². The molecular weight excluding hydrogens is 263 g/mol. The molecule has 0 radical (unpaired) electrons. The van der Waals surface area contributed by atoms with E-state index in [-0.39, 0.29) is 0 Å². The standard InChI is InChI=1S/C16H20F3N/c1-20-9-12-3-2-4-14(15(12)10-20)11-5-7-13(8-6-11)16(17,18)19/h5-8,12,14-15H,2-4,9-10H2,1H3/t12-,14-,15-/m1/s1. The quantitative estimate of drug-likeness (QED) is 0.748. The SMILES string of the molecule is CN1C[C@H]2CCC[C@H](c3ccc(C(F)(F)F)cc3)[C@@H]2C1. The Morgan fingerprint density at radius 2 is 1.75 bits per heavy atom. The number of halogens is 3. The lowest BCUT2D eigenvalue weighted by atomic mass is 9.71. The monoisotopic (exact) mass is 283 g/mol. The molecule has 1 saturated carbocycles. The number of rotatable bonds is 1. The molecule has 1 aromatic rings. The lowest BCUT2D eigenvalue weighted by Gasteiger charge is -2.33. The van der Waals surface area contributed by atoms with Gasteiger partial charge in [0.1, 0.15) is 0 Å². The summed E-state index contributed by atoms with van der Waals surface area (Å²) in [5.41, 5.74) is 0.542. The molecule has 2 fully saturated rings. The number of hydrogen-bond acceptors (Lipinski definition) is 1. The Bertz CT molecular complexity index is 466. The highest BCUT2D eigenvalue weighted by atomic mass is 19.4. The molecule has 20 heavy (non-hydrogen) atoms. The van der Waals surface area contributed by atoms with Crippen molar-refractivity contribution in [1.29, 1.82) is 0 Å². The normalized spacial score (nSPS) is 31.3. The summed E-state index contributed by atoms with van der Waals surface area (Å²) in [5, 5.41) is 0. The Morgan fingerprint density at radius 3 is 2.40 bits per heavy atom. The largest absolute Gasteiger partial charge is 0.416 e. The van der Waals surface area contributed by atoms with Crippen LogP contribution in [-0.2, 0) is 6.18 Å². The number of nitrogens with zero attached hydrogens (tertiary/aromatic N) is 1. The highest BCUT2D eigenvalue weighted by molar-refractivity contribution is 5.28. The summed E-state index contributed by atoms with van der Waals surface area (Å²) < 4.78 is 37.9. The zero-order valence-electron chi connectivity index (χ0n) is 11.7. The molecule has 1 heterocycles. The number of hydrogen-bond donors (Lipinski definition) is 0. The summed E-state index contributed by atoms with van der Waals surface area (Å²) in [4.78, 5) is 2.36. The molecule has 3 atom stereocenters. The Morgan fingerprint density at radius 1 is 1.05 bits per heavy atom. The van der Waals surface area contributed by atoms with Gasteiger partial charge in [0.2, 0.25) is 0 Å². The van der Waals surface area contributed by atoms with Crippen LogP contribution in [0.3, 0.4) is 0 Å². The fourth-order valence-corrected chi connectivity index (χ4v) is 4.03. The Balaban J connectivity index is 1.81. The van der Waals surface area contributed by atoms with Crippen molar-refractivity contribution < 1.29 is 13.2 Å². The van der Waals surface area contributed by atoms with Gasteiger partial charge in [-0.15, -0.1) is 0 Å². The molecule has 0 bridgehead atoms. The molecular formula is C16H20F3N. The summed E-state index contributed by atoms with van der Waals surface area (Å²) in [7, 11) is 2.14. The van der Waals surface area contributed by atoms with E-state index in [2.05, 4.69) is 11.9 Å². The van der Waals surface area contributed by atoms with Crippen molar-refractivity contribution in [3.63, 3.8) is 0 Å². The van der Waals surface area contributed by atoms with Gasteiger partial charge in [0.05, 0.1) is 5.56 Å². The van der Waals surface area contributed by atoms with Gasteiger partial charge in [-0.2, -0.15) is 13.2 Å². The summed E-state index contributed by atoms with van der Waals surface area (Å²) in [5.74, 6) is 1.77. The van der Waals surface area contributed by atoms with Gasteiger partial charge in [0.25, 0.3) is 0 Å². The molecule has 0 spiro atoms. The summed E-state index contributed by atoms with van der Waals surface area (Å²) >= 11 is 0. The van der Waals surface area contributed by atoms with E-state index in [0.29, 0.717) is 11.8 Å². The van der Waals surface area contributed by atoms with Crippen LogP contribution in [0, 0.1) is 11.8 Å². The molecule has 4 heteroatoms. The molecule has 0 N–H and O–H groups in total. The van der Waals surface area contributed by atoms with Crippen LogP contribution in [0.15, 0.2) is 24.3 Å². The smallest absolute Gasteiger partial charge is 0.306 e. The average molecular weight is 283 g/mol. The van der Waals surface area contributed by atoms with Crippen molar-refractivity contribution >= 4 is 0 Å². The fourth-order valence-electron chi connectivity index (χ4n) is 4.03. The second-order valence-electron chi connectivity index (χ2n) is 6.30. The third-order valence-electron chi connectivity index (χ3n) is 4.95. The lowest BCUT2D eigenvalue weighted by molar-refractivity contribution is -0.137. The highest BCUT2D eigenvalue weighted by Crippen LogP contribution is 2.45. The van der Waals surface area contributed by atoms with Crippen molar-refractivity contribution in [2.45, 2.75) is 31.4 Å². The van der Waals surface area contributed by atoms with Crippen LogP contribution < -0.4 is 0 Å². The first-order valence-corrected chi connectivity index (χ1v) is 7.31. The van der Waals surface area contributed by atoms with Gasteiger partial charge >= 0.3 is 6.18 Å². The predicted octanol–water partition coefficient (Wildman–Crippen LogP) is 4.15. The van der Waals surface area contributed by atoms with E-state index >= 15 is 0 Å². The topological polar surface area (TPSA) is 3.24 Å². The average Bonchev–Trinajstić information content (AvgIpc) is 2.78. The van der Waals surface area contributed by atoms with Crippen LogP contribution in [-0.4, -0.2) is 25.0 Å². The van der Waals surface area contributed by atoms with E-state index in [9.17, 15) is 13.2 Å². The van der Waals surface area contributed by atoms with Gasteiger partial charge in [-0.1, -0.05) is 18.6 Å². The van der Waals surface area contributed by atoms with E-state index in [0.717, 1.165) is 31.0 Å². The van der Waals surface area contributed by atoms with Crippen LogP contribution >= 0.6 is 0 Å². The summed E-state index contributed by atoms with van der Waals surface area (Å²) in [6, 6.07) is 5.84. The van der Waals surface area contributed by atoms with Crippen LogP contribution in [0.4, 0.5) is 13.2 Å². The highest BCUT2D eigenvalue weighted by Gasteiger charge is 2.39. The van der Waals surface area contributed by atoms with E-state index in [1.165, 1.54) is 25.0 Å². The third kappa shape index (κ3) is 2.58. The van der Waals surface area contributed by atoms with Gasteiger partial charge < -0.3 is 4.90 Å². The van der Waals surface area contributed by atoms with Gasteiger partial charge in [-0.3, -0.25) is 0 Å². The molecule has 0 aromatic heterocycles. The molecule has 0 amide bonds. The maximum atomic E-state index is 12.6. The van der Waals surface area contributed by atoms with Crippen LogP contribution in [0.1, 0.15) is 36.3 Å². The number of likely N-dealkylation sites (tertiary alicyclic amines) is 1. The Labute approximate surface area is 117 Å². The minimum atomic E-state index is -4.23. The maximum absolute atomic E-state index is 12.6. The van der Waals surface area contributed by atoms with Crippen molar-refractivity contribution in [2.75, 3.05) is 20.1 Å². The Kier molecular flexibility index (Phi) is 3.53. The molecule has 1 aliphatic carbocycles. The number of benzene rings is 1. The number of alkyl halides is 3.